The van der Waals surface area contributed by atoms with Crippen LogP contribution in [0.4, 0.5) is 28.9 Å². The lowest BCUT2D eigenvalue weighted by atomic mass is 9.86. The Morgan fingerprint density at radius 2 is 1.66 bits per heavy atom. The van der Waals surface area contributed by atoms with Gasteiger partial charge in [0.25, 0.3) is 0 Å². The third kappa shape index (κ3) is 6.25. The molecule has 3 aliphatic rings. The highest BCUT2D eigenvalue weighted by molar-refractivity contribution is 5.97. The zero-order chi connectivity index (χ0) is 26.7. The van der Waals surface area contributed by atoms with Crippen LogP contribution in [0.5, 0.6) is 5.75 Å². The molecule has 206 valence electrons. The van der Waals surface area contributed by atoms with Crippen molar-refractivity contribution >= 4 is 17.3 Å². The van der Waals surface area contributed by atoms with E-state index in [1.807, 2.05) is 17.0 Å². The lowest BCUT2D eigenvalue weighted by molar-refractivity contribution is -0.153. The molecule has 0 radical (unpaired) electrons. The predicted octanol–water partition coefficient (Wildman–Crippen LogP) is 5.82. The maximum absolute atomic E-state index is 13.8. The predicted molar refractivity (Wildman–Crippen MR) is 139 cm³/mol. The molecule has 0 N–H and O–H groups in total. The van der Waals surface area contributed by atoms with Crippen molar-refractivity contribution in [1.82, 2.24) is 4.90 Å². The summed E-state index contributed by atoms with van der Waals surface area (Å²) in [5.74, 6) is -0.394. The van der Waals surface area contributed by atoms with Gasteiger partial charge in [-0.15, -0.1) is 0 Å². The summed E-state index contributed by atoms with van der Waals surface area (Å²) in [7, 11) is 0. The Kier molecular flexibility index (Phi) is 8.12. The molecule has 0 bridgehead atoms. The fourth-order valence-electron chi connectivity index (χ4n) is 6.12. The van der Waals surface area contributed by atoms with Gasteiger partial charge in [0.1, 0.15) is 11.6 Å². The van der Waals surface area contributed by atoms with Gasteiger partial charge >= 0.3 is 6.18 Å². The fraction of sp³-hybridized carbons (Fsp3) is 0.552. The van der Waals surface area contributed by atoms with Gasteiger partial charge in [-0.1, -0.05) is 37.5 Å². The number of para-hydroxylation sites is 1. The Bertz CT molecular complexity index is 1110. The highest BCUT2D eigenvalue weighted by Crippen LogP contribution is 2.36. The van der Waals surface area contributed by atoms with Crippen LogP contribution in [0, 0.1) is 11.7 Å². The highest BCUT2D eigenvalue weighted by atomic mass is 19.4. The molecule has 9 heteroatoms. The highest BCUT2D eigenvalue weighted by Gasteiger charge is 2.36. The molecule has 0 spiro atoms. The van der Waals surface area contributed by atoms with E-state index < -0.39 is 18.6 Å². The van der Waals surface area contributed by atoms with E-state index in [1.165, 1.54) is 24.1 Å². The molecule has 2 aromatic rings. The van der Waals surface area contributed by atoms with Gasteiger partial charge in [-0.2, -0.15) is 13.2 Å². The Morgan fingerprint density at radius 1 is 0.921 bits per heavy atom. The fourth-order valence-corrected chi connectivity index (χ4v) is 6.12. The number of benzene rings is 2. The van der Waals surface area contributed by atoms with E-state index >= 15 is 0 Å². The number of nitrogens with zero attached hydrogens (tertiary/aromatic N) is 3. The average molecular weight is 534 g/mol. The summed E-state index contributed by atoms with van der Waals surface area (Å²) < 4.78 is 56.9. The first kappa shape index (κ1) is 26.8. The van der Waals surface area contributed by atoms with E-state index in [-0.39, 0.29) is 23.6 Å². The second-order valence-corrected chi connectivity index (χ2v) is 10.7. The molecule has 2 aromatic carbocycles. The van der Waals surface area contributed by atoms with Gasteiger partial charge in [-0.25, -0.2) is 4.39 Å². The molecule has 1 saturated heterocycles. The summed E-state index contributed by atoms with van der Waals surface area (Å²) in [6, 6.07) is 12.1. The molecule has 2 fully saturated rings. The summed E-state index contributed by atoms with van der Waals surface area (Å²) in [6.45, 7) is 1.83. The molecule has 1 unspecified atom stereocenters. The summed E-state index contributed by atoms with van der Waals surface area (Å²) >= 11 is 0. The number of hydrogen-bond acceptors (Lipinski definition) is 4. The quantitative estimate of drug-likeness (QED) is 0.439. The molecule has 38 heavy (non-hydrogen) atoms. The number of alkyl halides is 3. The van der Waals surface area contributed by atoms with Crippen molar-refractivity contribution in [3.05, 3.63) is 53.8 Å². The van der Waals surface area contributed by atoms with E-state index in [2.05, 4.69) is 21.9 Å². The van der Waals surface area contributed by atoms with Gasteiger partial charge in [-0.3, -0.25) is 9.69 Å². The molecule has 1 aliphatic carbocycles. The zero-order valence-corrected chi connectivity index (χ0v) is 21.6. The van der Waals surface area contributed by atoms with Gasteiger partial charge in [-0.05, 0) is 49.4 Å². The lowest BCUT2D eigenvalue weighted by Gasteiger charge is -2.44. The van der Waals surface area contributed by atoms with Crippen LogP contribution in [0.1, 0.15) is 44.1 Å². The number of rotatable bonds is 6. The molecular formula is C29H35F4N3O2. The Labute approximate surface area is 221 Å². The number of fused-ring (bicyclic) bond motifs is 1. The summed E-state index contributed by atoms with van der Waals surface area (Å²) in [6.07, 6.45) is 2.67. The van der Waals surface area contributed by atoms with E-state index in [9.17, 15) is 22.4 Å². The number of carbonyl (C=O) groups is 1. The third-order valence-corrected chi connectivity index (χ3v) is 8.05. The van der Waals surface area contributed by atoms with Crippen molar-refractivity contribution in [2.75, 3.05) is 49.1 Å². The maximum Gasteiger partial charge on any atom is 0.422 e. The van der Waals surface area contributed by atoms with E-state index in [0.29, 0.717) is 31.9 Å². The minimum absolute atomic E-state index is 0.0855. The standard InChI is InChI=1S/C29H35F4N3O2/c30-23-11-13-26(27(18-23)38-20-29(31,32)33)35-16-14-34(15-17-35)19-24-12-10-21-6-4-5-9-25(21)36(24)28(37)22-7-2-1-3-8-22/h4-6,9,11,13,18,22,24H,1-3,7-8,10,12,14-17,19-20H2. The molecule has 5 nitrogen and oxygen atoms in total. The lowest BCUT2D eigenvalue weighted by Crippen LogP contribution is -2.55. The van der Waals surface area contributed by atoms with Crippen molar-refractivity contribution in [2.24, 2.45) is 5.92 Å². The molecule has 1 amide bonds. The van der Waals surface area contributed by atoms with Crippen LogP contribution < -0.4 is 14.5 Å². The number of piperazine rings is 1. The summed E-state index contributed by atoms with van der Waals surface area (Å²) in [4.78, 5) is 20.1. The Hall–Kier alpha value is -2.81. The number of aryl methyl sites for hydroxylation is 1. The summed E-state index contributed by atoms with van der Waals surface area (Å²) in [5, 5.41) is 0. The molecule has 2 aliphatic heterocycles. The van der Waals surface area contributed by atoms with Crippen LogP contribution in [0.3, 0.4) is 0 Å². The molecule has 1 saturated carbocycles. The van der Waals surface area contributed by atoms with Crippen molar-refractivity contribution in [3.63, 3.8) is 0 Å². The largest absolute Gasteiger partial charge is 0.482 e. The van der Waals surface area contributed by atoms with E-state index in [0.717, 1.165) is 56.8 Å². The second-order valence-electron chi connectivity index (χ2n) is 10.7. The molecule has 0 aromatic heterocycles. The van der Waals surface area contributed by atoms with Crippen LogP contribution in [-0.2, 0) is 11.2 Å². The van der Waals surface area contributed by atoms with Crippen LogP contribution in [0.25, 0.3) is 0 Å². The van der Waals surface area contributed by atoms with Crippen LogP contribution in [0.2, 0.25) is 0 Å². The normalized spacial score (nSPS) is 21.3. The minimum atomic E-state index is -4.50. The van der Waals surface area contributed by atoms with Gasteiger partial charge in [0.05, 0.1) is 5.69 Å². The van der Waals surface area contributed by atoms with Gasteiger partial charge in [0, 0.05) is 56.4 Å². The van der Waals surface area contributed by atoms with Crippen molar-refractivity contribution in [3.8, 4) is 5.75 Å². The van der Waals surface area contributed by atoms with Crippen LogP contribution >= 0.6 is 0 Å². The SMILES string of the molecule is O=C(C1CCCCC1)N1c2ccccc2CCC1CN1CCN(c2ccc(F)cc2OCC(F)(F)F)CC1. The monoisotopic (exact) mass is 533 g/mol. The van der Waals surface area contributed by atoms with Crippen LogP contribution in [0.15, 0.2) is 42.5 Å². The van der Waals surface area contributed by atoms with Crippen molar-refractivity contribution < 1.29 is 27.1 Å². The molecule has 2 heterocycles. The molecule has 5 rings (SSSR count). The first-order valence-corrected chi connectivity index (χ1v) is 13.7. The first-order valence-electron chi connectivity index (χ1n) is 13.7. The maximum atomic E-state index is 13.8. The summed E-state index contributed by atoms with van der Waals surface area (Å²) in [5.41, 5.74) is 2.73. The number of halogens is 4. The molecular weight excluding hydrogens is 498 g/mol. The van der Waals surface area contributed by atoms with E-state index in [4.69, 9.17) is 4.74 Å². The topological polar surface area (TPSA) is 36.0 Å². The number of hydrogen-bond donors (Lipinski definition) is 0. The van der Waals surface area contributed by atoms with Gasteiger partial charge in [0.2, 0.25) is 5.91 Å². The van der Waals surface area contributed by atoms with Gasteiger partial charge < -0.3 is 14.5 Å². The Morgan fingerprint density at radius 3 is 2.39 bits per heavy atom. The van der Waals surface area contributed by atoms with Gasteiger partial charge in [0.15, 0.2) is 6.61 Å². The number of carbonyl (C=O) groups excluding carboxylic acids is 1. The average Bonchev–Trinajstić information content (AvgIpc) is 2.92. The zero-order valence-electron chi connectivity index (χ0n) is 21.6. The van der Waals surface area contributed by atoms with Crippen molar-refractivity contribution in [1.29, 1.82) is 0 Å². The van der Waals surface area contributed by atoms with E-state index in [1.54, 1.807) is 0 Å². The van der Waals surface area contributed by atoms with Crippen molar-refractivity contribution in [2.45, 2.75) is 57.2 Å². The minimum Gasteiger partial charge on any atom is -0.482 e. The smallest absolute Gasteiger partial charge is 0.422 e. The third-order valence-electron chi connectivity index (χ3n) is 8.05. The number of anilines is 2. The number of ether oxygens (including phenoxy) is 1. The second kappa shape index (κ2) is 11.5. The number of amides is 1. The first-order chi connectivity index (χ1) is 18.3. The Balaban J connectivity index is 1.26. The van der Waals surface area contributed by atoms with Crippen LogP contribution in [-0.4, -0.2) is 62.4 Å². The molecule has 1 atom stereocenters.